The molecule has 4 aromatic rings. The van der Waals surface area contributed by atoms with Crippen molar-refractivity contribution in [2.75, 3.05) is 31.6 Å². The SMILES string of the molecule is CCN(CC)CCOc1ccc(Nc2nc(-c3c(Cl)cccc3Cl)c3ccc(=O)n(C)c3n2)cc1. The lowest BCUT2D eigenvalue weighted by atomic mass is 10.1. The van der Waals surface area contributed by atoms with Crippen molar-refractivity contribution in [3.8, 4) is 17.0 Å². The number of nitrogens with zero attached hydrogens (tertiary/aromatic N) is 4. The van der Waals surface area contributed by atoms with Gasteiger partial charge in [0.25, 0.3) is 5.56 Å². The van der Waals surface area contributed by atoms with Crippen molar-refractivity contribution in [3.05, 3.63) is 75.0 Å². The highest BCUT2D eigenvalue weighted by molar-refractivity contribution is 6.39. The van der Waals surface area contributed by atoms with E-state index in [4.69, 9.17) is 32.9 Å². The van der Waals surface area contributed by atoms with Crippen molar-refractivity contribution in [2.24, 2.45) is 7.05 Å². The van der Waals surface area contributed by atoms with E-state index < -0.39 is 0 Å². The summed E-state index contributed by atoms with van der Waals surface area (Å²) in [6, 6.07) is 16.0. The summed E-state index contributed by atoms with van der Waals surface area (Å²) in [5.74, 6) is 1.10. The van der Waals surface area contributed by atoms with Crippen molar-refractivity contribution in [2.45, 2.75) is 13.8 Å². The van der Waals surface area contributed by atoms with Gasteiger partial charge in [-0.15, -0.1) is 0 Å². The molecule has 2 aromatic heterocycles. The molecule has 0 saturated carbocycles. The molecule has 4 rings (SSSR count). The maximum Gasteiger partial charge on any atom is 0.251 e. The minimum absolute atomic E-state index is 0.176. The van der Waals surface area contributed by atoms with Gasteiger partial charge in [-0.3, -0.25) is 9.36 Å². The Bertz CT molecular complexity index is 1370. The summed E-state index contributed by atoms with van der Waals surface area (Å²) in [7, 11) is 1.67. The van der Waals surface area contributed by atoms with Crippen LogP contribution in [0.2, 0.25) is 10.0 Å². The fourth-order valence-electron chi connectivity index (χ4n) is 3.80. The third-order valence-corrected chi connectivity index (χ3v) is 6.48. The fourth-order valence-corrected chi connectivity index (χ4v) is 4.38. The van der Waals surface area contributed by atoms with Crippen LogP contribution in [-0.2, 0) is 7.05 Å². The number of hydrogen-bond donors (Lipinski definition) is 1. The fraction of sp³-hybridized carbons (Fsp3) is 0.269. The van der Waals surface area contributed by atoms with Crippen LogP contribution in [0.25, 0.3) is 22.3 Å². The summed E-state index contributed by atoms with van der Waals surface area (Å²) < 4.78 is 7.34. The second-order valence-electron chi connectivity index (χ2n) is 7.99. The van der Waals surface area contributed by atoms with Crippen LogP contribution in [0.15, 0.2) is 59.4 Å². The minimum Gasteiger partial charge on any atom is -0.492 e. The van der Waals surface area contributed by atoms with E-state index in [9.17, 15) is 4.79 Å². The summed E-state index contributed by atoms with van der Waals surface area (Å²) in [6.07, 6.45) is 0. The van der Waals surface area contributed by atoms with Gasteiger partial charge in [0, 0.05) is 36.3 Å². The molecule has 0 amide bonds. The second-order valence-corrected chi connectivity index (χ2v) is 8.80. The normalized spacial score (nSPS) is 11.3. The summed E-state index contributed by atoms with van der Waals surface area (Å²) in [6.45, 7) is 7.79. The van der Waals surface area contributed by atoms with Crippen LogP contribution in [0, 0.1) is 0 Å². The van der Waals surface area contributed by atoms with E-state index in [0.29, 0.717) is 44.9 Å². The highest BCUT2D eigenvalue weighted by Crippen LogP contribution is 2.37. The number of hydrogen-bond acceptors (Lipinski definition) is 6. The predicted molar refractivity (Wildman–Crippen MR) is 143 cm³/mol. The highest BCUT2D eigenvalue weighted by Gasteiger charge is 2.17. The second kappa shape index (κ2) is 11.1. The molecule has 0 unspecified atom stereocenters. The summed E-state index contributed by atoms with van der Waals surface area (Å²) in [4.78, 5) is 23.9. The first-order valence-electron chi connectivity index (χ1n) is 11.5. The molecular formula is C26H27Cl2N5O2. The third-order valence-electron chi connectivity index (χ3n) is 5.85. The maximum atomic E-state index is 12.3. The molecule has 1 N–H and O–H groups in total. The average Bonchev–Trinajstić information content (AvgIpc) is 2.85. The van der Waals surface area contributed by atoms with Crippen LogP contribution in [0.3, 0.4) is 0 Å². The predicted octanol–water partition coefficient (Wildman–Crippen LogP) is 5.77. The minimum atomic E-state index is -0.176. The zero-order valence-corrected chi connectivity index (χ0v) is 21.4. The molecule has 2 heterocycles. The van der Waals surface area contributed by atoms with Crippen LogP contribution >= 0.6 is 23.2 Å². The zero-order valence-electron chi connectivity index (χ0n) is 19.9. The van der Waals surface area contributed by atoms with Gasteiger partial charge >= 0.3 is 0 Å². The molecule has 9 heteroatoms. The standard InChI is InChI=1S/C26H27Cl2N5O2/c1-4-33(5-2)15-16-35-18-11-9-17(10-12-18)29-26-30-24(23-20(27)7-6-8-21(23)28)19-13-14-22(34)32(3)25(19)31-26/h6-14H,4-5,15-16H2,1-3H3,(H,29,30,31). The number of anilines is 2. The number of benzene rings is 2. The lowest BCUT2D eigenvalue weighted by Crippen LogP contribution is -2.27. The lowest BCUT2D eigenvalue weighted by Gasteiger charge is -2.18. The van der Waals surface area contributed by atoms with E-state index in [-0.39, 0.29) is 5.56 Å². The summed E-state index contributed by atoms with van der Waals surface area (Å²) >= 11 is 13.0. The van der Waals surface area contributed by atoms with Gasteiger partial charge in [0.05, 0.1) is 15.7 Å². The number of aryl methyl sites for hydroxylation is 1. The number of ether oxygens (including phenoxy) is 1. The van der Waals surface area contributed by atoms with Crippen molar-refractivity contribution in [3.63, 3.8) is 0 Å². The van der Waals surface area contributed by atoms with Crippen LogP contribution in [-0.4, -0.2) is 45.7 Å². The van der Waals surface area contributed by atoms with Gasteiger partial charge in [-0.2, -0.15) is 4.98 Å². The summed E-state index contributed by atoms with van der Waals surface area (Å²) in [5.41, 5.74) is 2.20. The molecule has 0 bridgehead atoms. The molecule has 0 aliphatic carbocycles. The number of halogens is 2. The Morgan fingerprint density at radius 3 is 2.31 bits per heavy atom. The van der Waals surface area contributed by atoms with Gasteiger partial charge in [0.1, 0.15) is 18.0 Å². The maximum absolute atomic E-state index is 12.3. The van der Waals surface area contributed by atoms with E-state index in [1.54, 1.807) is 31.3 Å². The first-order valence-corrected chi connectivity index (χ1v) is 12.2. The Hall–Kier alpha value is -3.13. The van der Waals surface area contributed by atoms with Crippen molar-refractivity contribution in [1.29, 1.82) is 0 Å². The number of pyridine rings is 1. The molecule has 0 atom stereocenters. The smallest absolute Gasteiger partial charge is 0.251 e. The number of fused-ring (bicyclic) bond motifs is 1. The van der Waals surface area contributed by atoms with Crippen LogP contribution in [0.5, 0.6) is 5.75 Å². The van der Waals surface area contributed by atoms with Gasteiger partial charge in [-0.1, -0.05) is 43.1 Å². The van der Waals surface area contributed by atoms with Gasteiger partial charge in [-0.25, -0.2) is 4.98 Å². The Morgan fingerprint density at radius 1 is 0.971 bits per heavy atom. The number of aromatic nitrogens is 3. The Labute approximate surface area is 214 Å². The molecule has 35 heavy (non-hydrogen) atoms. The van der Waals surface area contributed by atoms with E-state index >= 15 is 0 Å². The quantitative estimate of drug-likeness (QED) is 0.307. The van der Waals surface area contributed by atoms with Gasteiger partial charge in [-0.05, 0) is 55.6 Å². The molecule has 0 saturated heterocycles. The van der Waals surface area contributed by atoms with Crippen LogP contribution in [0.1, 0.15) is 13.8 Å². The average molecular weight is 512 g/mol. The van der Waals surface area contributed by atoms with Gasteiger partial charge in [0.15, 0.2) is 0 Å². The zero-order chi connectivity index (χ0) is 24.9. The third kappa shape index (κ3) is 5.59. The van der Waals surface area contributed by atoms with Crippen LogP contribution in [0.4, 0.5) is 11.6 Å². The number of likely N-dealkylation sites (N-methyl/N-ethyl adjacent to an activating group) is 1. The van der Waals surface area contributed by atoms with E-state index in [2.05, 4.69) is 29.0 Å². The lowest BCUT2D eigenvalue weighted by molar-refractivity contribution is 0.223. The first kappa shape index (κ1) is 25.0. The van der Waals surface area contributed by atoms with Crippen molar-refractivity contribution in [1.82, 2.24) is 19.4 Å². The molecule has 0 spiro atoms. The molecule has 0 aliphatic heterocycles. The van der Waals surface area contributed by atoms with E-state index in [1.807, 2.05) is 24.3 Å². The molecule has 182 valence electrons. The van der Waals surface area contributed by atoms with Crippen molar-refractivity contribution < 1.29 is 4.74 Å². The molecule has 2 aromatic carbocycles. The number of rotatable bonds is 9. The van der Waals surface area contributed by atoms with Crippen LogP contribution < -0.4 is 15.6 Å². The molecule has 0 aliphatic rings. The largest absolute Gasteiger partial charge is 0.492 e. The van der Waals surface area contributed by atoms with E-state index in [1.165, 1.54) is 10.6 Å². The topological polar surface area (TPSA) is 72.3 Å². The monoisotopic (exact) mass is 511 g/mol. The molecule has 0 radical (unpaired) electrons. The number of nitrogens with one attached hydrogen (secondary N) is 1. The summed E-state index contributed by atoms with van der Waals surface area (Å²) in [5, 5.41) is 4.82. The van der Waals surface area contributed by atoms with Gasteiger partial charge < -0.3 is 15.0 Å². The Balaban J connectivity index is 1.65. The highest BCUT2D eigenvalue weighted by atomic mass is 35.5. The Kier molecular flexibility index (Phi) is 7.90. The molecular weight excluding hydrogens is 485 g/mol. The van der Waals surface area contributed by atoms with E-state index in [0.717, 1.165) is 31.1 Å². The molecule has 0 fully saturated rings. The van der Waals surface area contributed by atoms with Crippen molar-refractivity contribution >= 4 is 45.9 Å². The molecule has 7 nitrogen and oxygen atoms in total. The Morgan fingerprint density at radius 2 is 1.66 bits per heavy atom. The first-order chi connectivity index (χ1) is 16.9. The van der Waals surface area contributed by atoms with Gasteiger partial charge in [0.2, 0.25) is 5.95 Å².